The third-order valence-corrected chi connectivity index (χ3v) is 2.87. The maximum Gasteiger partial charge on any atom is 0.122 e. The Morgan fingerprint density at radius 1 is 1.25 bits per heavy atom. The molecule has 1 rings (SSSR count). The molecule has 0 aliphatic heterocycles. The minimum atomic E-state index is 0.246. The van der Waals surface area contributed by atoms with Gasteiger partial charge in [-0.2, -0.15) is 0 Å². The molecule has 1 N–H and O–H groups in total. The van der Waals surface area contributed by atoms with E-state index in [1.807, 2.05) is 12.1 Å². The highest BCUT2D eigenvalue weighted by atomic mass is 16.5. The topological polar surface area (TPSA) is 29.5 Å². The summed E-state index contributed by atoms with van der Waals surface area (Å²) in [5.74, 6) is 1.53. The maximum absolute atomic E-state index is 8.69. The number of hydrogen-bond acceptors (Lipinski definition) is 2. The van der Waals surface area contributed by atoms with Gasteiger partial charge in [-0.25, -0.2) is 0 Å². The molecule has 90 valence electrons. The second kappa shape index (κ2) is 7.29. The van der Waals surface area contributed by atoms with Gasteiger partial charge in [0.15, 0.2) is 0 Å². The molecule has 0 aliphatic rings. The second-order valence-corrected chi connectivity index (χ2v) is 4.13. The van der Waals surface area contributed by atoms with E-state index in [0.717, 1.165) is 25.0 Å². The number of unbranched alkanes of at least 4 members (excludes halogenated alkanes) is 1. The first-order chi connectivity index (χ1) is 7.79. The summed E-state index contributed by atoms with van der Waals surface area (Å²) >= 11 is 0. The van der Waals surface area contributed by atoms with E-state index in [2.05, 4.69) is 26.0 Å². The smallest absolute Gasteiger partial charge is 0.122 e. The number of hydrogen-bond donors (Lipinski definition) is 1. The predicted molar refractivity (Wildman–Crippen MR) is 67.0 cm³/mol. The molecule has 0 aliphatic carbocycles. The number of benzene rings is 1. The number of aliphatic hydroxyl groups excluding tert-OH is 1. The standard InChI is InChI=1S/C14H22O2/c1-3-12(2)13-8-4-5-9-14(13)16-11-7-6-10-15/h4-5,8-9,12,15H,3,6-7,10-11H2,1-2H3. The quantitative estimate of drug-likeness (QED) is 0.717. The summed E-state index contributed by atoms with van der Waals surface area (Å²) in [6.07, 6.45) is 2.84. The molecule has 1 aromatic carbocycles. The van der Waals surface area contributed by atoms with Gasteiger partial charge >= 0.3 is 0 Å². The highest BCUT2D eigenvalue weighted by Gasteiger charge is 2.08. The summed E-state index contributed by atoms with van der Waals surface area (Å²) in [5, 5.41) is 8.69. The van der Waals surface area contributed by atoms with Crippen LogP contribution in [0.5, 0.6) is 5.75 Å². The molecule has 0 amide bonds. The molecule has 1 aromatic rings. The van der Waals surface area contributed by atoms with Gasteiger partial charge in [-0.15, -0.1) is 0 Å². The van der Waals surface area contributed by atoms with Crippen LogP contribution in [0.4, 0.5) is 0 Å². The van der Waals surface area contributed by atoms with Crippen molar-refractivity contribution >= 4 is 0 Å². The van der Waals surface area contributed by atoms with E-state index in [0.29, 0.717) is 12.5 Å². The molecule has 0 heterocycles. The van der Waals surface area contributed by atoms with Gasteiger partial charge < -0.3 is 9.84 Å². The van der Waals surface area contributed by atoms with Crippen LogP contribution in [0.25, 0.3) is 0 Å². The first-order valence-corrected chi connectivity index (χ1v) is 6.12. The fourth-order valence-electron chi connectivity index (χ4n) is 1.64. The van der Waals surface area contributed by atoms with Crippen LogP contribution in [0, 0.1) is 0 Å². The molecule has 2 heteroatoms. The van der Waals surface area contributed by atoms with Gasteiger partial charge in [0.05, 0.1) is 6.61 Å². The van der Waals surface area contributed by atoms with Crippen LogP contribution in [0.3, 0.4) is 0 Å². The van der Waals surface area contributed by atoms with Crippen LogP contribution < -0.4 is 4.74 Å². The van der Waals surface area contributed by atoms with Crippen molar-refractivity contribution in [3.05, 3.63) is 29.8 Å². The summed E-state index contributed by atoms with van der Waals surface area (Å²) in [7, 11) is 0. The van der Waals surface area contributed by atoms with Gasteiger partial charge in [0.25, 0.3) is 0 Å². The Morgan fingerprint density at radius 3 is 2.69 bits per heavy atom. The van der Waals surface area contributed by atoms with Gasteiger partial charge in [-0.3, -0.25) is 0 Å². The van der Waals surface area contributed by atoms with E-state index in [1.165, 1.54) is 5.56 Å². The monoisotopic (exact) mass is 222 g/mol. The van der Waals surface area contributed by atoms with Crippen molar-refractivity contribution in [2.75, 3.05) is 13.2 Å². The molecule has 16 heavy (non-hydrogen) atoms. The first-order valence-electron chi connectivity index (χ1n) is 6.12. The average molecular weight is 222 g/mol. The molecule has 0 bridgehead atoms. The van der Waals surface area contributed by atoms with Crippen molar-refractivity contribution < 1.29 is 9.84 Å². The van der Waals surface area contributed by atoms with Crippen LogP contribution in [-0.2, 0) is 0 Å². The van der Waals surface area contributed by atoms with Crippen LogP contribution in [0.1, 0.15) is 44.6 Å². The molecule has 0 saturated carbocycles. The molecule has 1 unspecified atom stereocenters. The Balaban J connectivity index is 2.57. The van der Waals surface area contributed by atoms with Gasteiger partial charge in [-0.05, 0) is 36.8 Å². The lowest BCUT2D eigenvalue weighted by molar-refractivity contribution is 0.251. The lowest BCUT2D eigenvalue weighted by atomic mass is 9.98. The van der Waals surface area contributed by atoms with E-state index < -0.39 is 0 Å². The summed E-state index contributed by atoms with van der Waals surface area (Å²) in [6.45, 7) is 5.34. The van der Waals surface area contributed by atoms with E-state index in [-0.39, 0.29) is 6.61 Å². The SMILES string of the molecule is CCC(C)c1ccccc1OCCCCO. The van der Waals surface area contributed by atoms with E-state index in [4.69, 9.17) is 9.84 Å². The zero-order chi connectivity index (χ0) is 11.8. The zero-order valence-corrected chi connectivity index (χ0v) is 10.3. The van der Waals surface area contributed by atoms with Gasteiger partial charge in [0.2, 0.25) is 0 Å². The fraction of sp³-hybridized carbons (Fsp3) is 0.571. The van der Waals surface area contributed by atoms with Gasteiger partial charge in [0.1, 0.15) is 5.75 Å². The predicted octanol–water partition coefficient (Wildman–Crippen LogP) is 3.35. The van der Waals surface area contributed by atoms with Crippen LogP contribution in [0.15, 0.2) is 24.3 Å². The number of para-hydroxylation sites is 1. The average Bonchev–Trinajstić information content (AvgIpc) is 2.34. The van der Waals surface area contributed by atoms with Crippen molar-refractivity contribution in [3.63, 3.8) is 0 Å². The molecule has 0 fully saturated rings. The lowest BCUT2D eigenvalue weighted by Gasteiger charge is -2.15. The second-order valence-electron chi connectivity index (χ2n) is 4.13. The molecule has 0 aromatic heterocycles. The Bertz CT molecular complexity index is 297. The Hall–Kier alpha value is -1.02. The molecule has 0 saturated heterocycles. The molecule has 0 spiro atoms. The van der Waals surface area contributed by atoms with E-state index in [9.17, 15) is 0 Å². The number of aliphatic hydroxyl groups is 1. The van der Waals surface area contributed by atoms with Crippen LogP contribution in [-0.4, -0.2) is 18.3 Å². The van der Waals surface area contributed by atoms with E-state index in [1.54, 1.807) is 0 Å². The zero-order valence-electron chi connectivity index (χ0n) is 10.3. The summed E-state index contributed by atoms with van der Waals surface area (Å²) in [4.78, 5) is 0. The molecule has 0 radical (unpaired) electrons. The lowest BCUT2D eigenvalue weighted by Crippen LogP contribution is -2.02. The van der Waals surface area contributed by atoms with Crippen LogP contribution >= 0.6 is 0 Å². The summed E-state index contributed by atoms with van der Waals surface area (Å²) < 4.78 is 5.75. The molecular formula is C14H22O2. The normalized spacial score (nSPS) is 12.4. The molecular weight excluding hydrogens is 200 g/mol. The highest BCUT2D eigenvalue weighted by Crippen LogP contribution is 2.28. The van der Waals surface area contributed by atoms with E-state index >= 15 is 0 Å². The molecule has 1 atom stereocenters. The van der Waals surface area contributed by atoms with Crippen molar-refractivity contribution in [3.8, 4) is 5.75 Å². The Labute approximate surface area is 98.3 Å². The highest BCUT2D eigenvalue weighted by molar-refractivity contribution is 5.35. The largest absolute Gasteiger partial charge is 0.493 e. The summed E-state index contributed by atoms with van der Waals surface area (Å²) in [6, 6.07) is 8.23. The van der Waals surface area contributed by atoms with Crippen molar-refractivity contribution in [2.24, 2.45) is 0 Å². The van der Waals surface area contributed by atoms with Crippen LogP contribution in [0.2, 0.25) is 0 Å². The van der Waals surface area contributed by atoms with Gasteiger partial charge in [-0.1, -0.05) is 32.0 Å². The minimum Gasteiger partial charge on any atom is -0.493 e. The summed E-state index contributed by atoms with van der Waals surface area (Å²) in [5.41, 5.74) is 1.29. The maximum atomic E-state index is 8.69. The third-order valence-electron chi connectivity index (χ3n) is 2.87. The Kier molecular flexibility index (Phi) is 5.94. The number of ether oxygens (including phenoxy) is 1. The first kappa shape index (κ1) is 13.0. The number of rotatable bonds is 7. The van der Waals surface area contributed by atoms with Crippen molar-refractivity contribution in [1.29, 1.82) is 0 Å². The molecule has 2 nitrogen and oxygen atoms in total. The Morgan fingerprint density at radius 2 is 2.00 bits per heavy atom. The van der Waals surface area contributed by atoms with Crippen molar-refractivity contribution in [1.82, 2.24) is 0 Å². The third kappa shape index (κ3) is 3.86. The van der Waals surface area contributed by atoms with Crippen molar-refractivity contribution in [2.45, 2.75) is 39.0 Å². The van der Waals surface area contributed by atoms with Gasteiger partial charge in [0, 0.05) is 6.61 Å². The fourth-order valence-corrected chi connectivity index (χ4v) is 1.64. The minimum absolute atomic E-state index is 0.246.